The van der Waals surface area contributed by atoms with Crippen molar-refractivity contribution in [3.05, 3.63) is 59.0 Å². The summed E-state index contributed by atoms with van der Waals surface area (Å²) in [5.41, 5.74) is -1.71. The zero-order chi connectivity index (χ0) is 18.2. The van der Waals surface area contributed by atoms with Crippen molar-refractivity contribution in [3.8, 4) is 5.69 Å². The van der Waals surface area contributed by atoms with E-state index >= 15 is 0 Å². The number of carbonyl (C=O) groups is 1. The van der Waals surface area contributed by atoms with Crippen molar-refractivity contribution in [1.29, 1.82) is 0 Å². The highest BCUT2D eigenvalue weighted by Gasteiger charge is 2.40. The molecule has 1 aromatic carbocycles. The van der Waals surface area contributed by atoms with Crippen LogP contribution < -0.4 is 5.32 Å². The van der Waals surface area contributed by atoms with E-state index < -0.39 is 23.3 Å². The summed E-state index contributed by atoms with van der Waals surface area (Å²) < 4.78 is 42.7. The van der Waals surface area contributed by atoms with Crippen molar-refractivity contribution in [1.82, 2.24) is 19.6 Å². The van der Waals surface area contributed by atoms with Crippen LogP contribution in [0.5, 0.6) is 0 Å². The van der Waals surface area contributed by atoms with E-state index in [-0.39, 0.29) is 16.5 Å². The molecule has 1 N–H and O–H groups in total. The van der Waals surface area contributed by atoms with Gasteiger partial charge in [-0.05, 0) is 18.2 Å². The van der Waals surface area contributed by atoms with Crippen LogP contribution in [0.4, 0.5) is 19.0 Å². The molecule has 0 bridgehead atoms. The zero-order valence-corrected chi connectivity index (χ0v) is 13.5. The van der Waals surface area contributed by atoms with Gasteiger partial charge in [-0.1, -0.05) is 17.7 Å². The van der Waals surface area contributed by atoms with Gasteiger partial charge >= 0.3 is 6.18 Å². The maximum Gasteiger partial charge on any atom is 0.434 e. The average Bonchev–Trinajstić information content (AvgIpc) is 3.13. The van der Waals surface area contributed by atoms with Crippen molar-refractivity contribution in [2.75, 3.05) is 5.32 Å². The number of anilines is 1. The molecule has 0 saturated carbocycles. The third kappa shape index (κ3) is 3.50. The van der Waals surface area contributed by atoms with Gasteiger partial charge in [0.05, 0.1) is 17.4 Å². The number of aryl methyl sites for hydroxylation is 1. The molecule has 0 fully saturated rings. The minimum Gasteiger partial charge on any atom is -0.305 e. The van der Waals surface area contributed by atoms with E-state index in [0.717, 1.165) is 6.20 Å². The average molecular weight is 370 g/mol. The van der Waals surface area contributed by atoms with Gasteiger partial charge in [0.2, 0.25) is 0 Å². The summed E-state index contributed by atoms with van der Waals surface area (Å²) >= 11 is 5.83. The highest BCUT2D eigenvalue weighted by Crippen LogP contribution is 2.34. The summed E-state index contributed by atoms with van der Waals surface area (Å²) in [6.45, 7) is 0. The van der Waals surface area contributed by atoms with E-state index in [1.807, 2.05) is 0 Å². The fraction of sp³-hybridized carbons (Fsp3) is 0.133. The van der Waals surface area contributed by atoms with Crippen LogP contribution in [-0.2, 0) is 13.2 Å². The minimum atomic E-state index is -4.80. The number of rotatable bonds is 3. The highest BCUT2D eigenvalue weighted by atomic mass is 35.5. The lowest BCUT2D eigenvalue weighted by Crippen LogP contribution is -2.21. The van der Waals surface area contributed by atoms with Gasteiger partial charge in [0, 0.05) is 24.3 Å². The second kappa shape index (κ2) is 6.25. The first kappa shape index (κ1) is 17.0. The molecule has 0 aliphatic heterocycles. The number of hydrogen-bond donors (Lipinski definition) is 1. The van der Waals surface area contributed by atoms with Crippen molar-refractivity contribution < 1.29 is 18.0 Å². The van der Waals surface area contributed by atoms with Gasteiger partial charge in [-0.3, -0.25) is 9.48 Å². The van der Waals surface area contributed by atoms with E-state index in [0.29, 0.717) is 4.68 Å². The first-order valence-electron chi connectivity index (χ1n) is 6.98. The molecule has 130 valence electrons. The number of nitrogens with zero attached hydrogens (tertiary/aromatic N) is 4. The predicted molar refractivity (Wildman–Crippen MR) is 84.7 cm³/mol. The van der Waals surface area contributed by atoms with Gasteiger partial charge in [-0.25, -0.2) is 4.68 Å². The normalized spacial score (nSPS) is 11.6. The molecule has 6 nitrogen and oxygen atoms in total. The first-order chi connectivity index (χ1) is 11.8. The minimum absolute atomic E-state index is 0.0942. The van der Waals surface area contributed by atoms with Crippen LogP contribution in [0.3, 0.4) is 0 Å². The van der Waals surface area contributed by atoms with Crippen molar-refractivity contribution in [3.63, 3.8) is 0 Å². The predicted octanol–water partition coefficient (Wildman–Crippen LogP) is 3.53. The monoisotopic (exact) mass is 369 g/mol. The Morgan fingerprint density at radius 3 is 2.64 bits per heavy atom. The van der Waals surface area contributed by atoms with E-state index in [1.54, 1.807) is 13.2 Å². The van der Waals surface area contributed by atoms with Gasteiger partial charge in [0.1, 0.15) is 0 Å². The number of nitrogens with one attached hydrogen (secondary N) is 1. The number of amides is 1. The number of halogens is 4. The number of aromatic nitrogens is 4. The Hall–Kier alpha value is -2.81. The quantitative estimate of drug-likeness (QED) is 0.768. The lowest BCUT2D eigenvalue weighted by atomic mass is 10.2. The van der Waals surface area contributed by atoms with Crippen LogP contribution in [0.2, 0.25) is 5.02 Å². The third-order valence-electron chi connectivity index (χ3n) is 3.29. The van der Waals surface area contributed by atoms with E-state index in [9.17, 15) is 18.0 Å². The van der Waals surface area contributed by atoms with E-state index in [2.05, 4.69) is 15.5 Å². The molecular weight excluding hydrogens is 359 g/mol. The third-order valence-corrected chi connectivity index (χ3v) is 3.53. The van der Waals surface area contributed by atoms with Crippen LogP contribution in [0.1, 0.15) is 16.1 Å². The van der Waals surface area contributed by atoms with Crippen molar-refractivity contribution >= 4 is 23.3 Å². The van der Waals surface area contributed by atoms with Crippen LogP contribution in [0.15, 0.2) is 42.7 Å². The van der Waals surface area contributed by atoms with Gasteiger partial charge < -0.3 is 5.32 Å². The molecule has 0 aliphatic rings. The second-order valence-corrected chi connectivity index (χ2v) is 5.56. The molecule has 0 unspecified atom stereocenters. The molecule has 0 saturated heterocycles. The van der Waals surface area contributed by atoms with Crippen LogP contribution in [0.25, 0.3) is 5.69 Å². The van der Waals surface area contributed by atoms with Crippen molar-refractivity contribution in [2.24, 2.45) is 7.05 Å². The summed E-state index contributed by atoms with van der Waals surface area (Å²) in [5, 5.41) is 10.2. The Morgan fingerprint density at radius 1 is 1.28 bits per heavy atom. The summed E-state index contributed by atoms with van der Waals surface area (Å²) in [6.07, 6.45) is -2.38. The molecule has 25 heavy (non-hydrogen) atoms. The molecule has 10 heteroatoms. The Labute approximate surface area is 144 Å². The fourth-order valence-electron chi connectivity index (χ4n) is 2.26. The van der Waals surface area contributed by atoms with Gasteiger partial charge in [-0.2, -0.15) is 23.4 Å². The number of benzene rings is 1. The largest absolute Gasteiger partial charge is 0.434 e. The second-order valence-electron chi connectivity index (χ2n) is 5.13. The molecule has 0 aliphatic carbocycles. The maximum absolute atomic E-state index is 13.5. The lowest BCUT2D eigenvalue weighted by Gasteiger charge is -2.12. The molecular formula is C15H11ClF3N5O. The molecule has 0 atom stereocenters. The zero-order valence-electron chi connectivity index (χ0n) is 12.8. The van der Waals surface area contributed by atoms with Gasteiger partial charge in [0.25, 0.3) is 5.91 Å². The fourth-order valence-corrected chi connectivity index (χ4v) is 2.44. The maximum atomic E-state index is 13.5. The molecule has 2 heterocycles. The summed E-state index contributed by atoms with van der Waals surface area (Å²) in [4.78, 5) is 12.3. The van der Waals surface area contributed by atoms with Crippen LogP contribution in [-0.4, -0.2) is 25.5 Å². The van der Waals surface area contributed by atoms with Crippen LogP contribution >= 0.6 is 11.6 Å². The van der Waals surface area contributed by atoms with Gasteiger partial charge in [-0.15, -0.1) is 0 Å². The van der Waals surface area contributed by atoms with E-state index in [4.69, 9.17) is 11.6 Å². The van der Waals surface area contributed by atoms with E-state index in [1.165, 1.54) is 35.0 Å². The summed E-state index contributed by atoms with van der Waals surface area (Å²) in [7, 11) is 1.62. The molecule has 0 spiro atoms. The molecule has 1 amide bonds. The Morgan fingerprint density at radius 2 is 2.04 bits per heavy atom. The SMILES string of the molecule is Cn1ccc(NC(=O)c2cnn(-c3cccc(Cl)c3)c2C(F)(F)F)n1. The smallest absolute Gasteiger partial charge is 0.305 e. The number of alkyl halides is 3. The topological polar surface area (TPSA) is 64.7 Å². The molecule has 3 rings (SSSR count). The Bertz CT molecular complexity index is 931. The lowest BCUT2D eigenvalue weighted by molar-refractivity contribution is -0.143. The van der Waals surface area contributed by atoms with Crippen LogP contribution in [0, 0.1) is 0 Å². The van der Waals surface area contributed by atoms with Gasteiger partial charge in [0.15, 0.2) is 11.5 Å². The molecule has 3 aromatic rings. The highest BCUT2D eigenvalue weighted by molar-refractivity contribution is 6.30. The molecule has 2 aromatic heterocycles. The summed E-state index contributed by atoms with van der Waals surface area (Å²) in [5.74, 6) is -0.824. The number of hydrogen-bond acceptors (Lipinski definition) is 3. The Kier molecular flexibility index (Phi) is 4.25. The molecule has 0 radical (unpaired) electrons. The van der Waals surface area contributed by atoms with Crippen molar-refractivity contribution in [2.45, 2.75) is 6.18 Å². The number of carbonyl (C=O) groups excluding carboxylic acids is 1. The Balaban J connectivity index is 2.04. The first-order valence-corrected chi connectivity index (χ1v) is 7.35. The summed E-state index contributed by atoms with van der Waals surface area (Å²) in [6, 6.07) is 7.22. The standard InChI is InChI=1S/C15H11ClF3N5O/c1-23-6-5-12(22-23)21-14(25)11-8-20-24(13(11)15(17,18)19)10-4-2-3-9(16)7-10/h2-8H,1H3,(H,21,22,25).